The van der Waals surface area contributed by atoms with Gasteiger partial charge in [0.2, 0.25) is 0 Å². The highest BCUT2D eigenvalue weighted by Gasteiger charge is 2.19. The van der Waals surface area contributed by atoms with Crippen molar-refractivity contribution in [3.63, 3.8) is 0 Å². The zero-order valence-electron chi connectivity index (χ0n) is 11.3. The van der Waals surface area contributed by atoms with E-state index in [4.69, 9.17) is 0 Å². The smallest absolute Gasteiger partial charge is 0.0988 e. The van der Waals surface area contributed by atoms with Crippen LogP contribution in [-0.4, -0.2) is 0 Å². The SMILES string of the molecule is CC(C)[C@H]1CC[C@@H](C)C/C=C(\F)[C@@H](C)CC1. The highest BCUT2D eigenvalue weighted by molar-refractivity contribution is 4.97. The Bertz CT molecular complexity index is 230. The van der Waals surface area contributed by atoms with Gasteiger partial charge < -0.3 is 0 Å². The molecule has 0 N–H and O–H groups in total. The van der Waals surface area contributed by atoms with Gasteiger partial charge in [0.25, 0.3) is 0 Å². The lowest BCUT2D eigenvalue weighted by molar-refractivity contribution is 0.279. The largest absolute Gasteiger partial charge is 0.212 e. The molecule has 1 heteroatoms. The molecule has 0 nitrogen and oxygen atoms in total. The third-order valence-corrected chi connectivity index (χ3v) is 4.13. The molecule has 0 bridgehead atoms. The maximum absolute atomic E-state index is 13.7. The zero-order valence-corrected chi connectivity index (χ0v) is 11.3. The van der Waals surface area contributed by atoms with Gasteiger partial charge in [0.1, 0.15) is 0 Å². The summed E-state index contributed by atoms with van der Waals surface area (Å²) in [5.74, 6) is 2.42. The first-order valence-corrected chi connectivity index (χ1v) is 6.86. The number of rotatable bonds is 1. The standard InChI is InChI=1S/C15H27F/c1-11(2)14-8-5-12(3)6-10-15(16)13(4)7-9-14/h10-14H,5-9H2,1-4H3/b15-10-/t12-,13+,14+/m1/s1. The van der Waals surface area contributed by atoms with Crippen LogP contribution in [0.2, 0.25) is 0 Å². The third-order valence-electron chi connectivity index (χ3n) is 4.13. The first-order chi connectivity index (χ1) is 7.50. The molecule has 1 aliphatic rings. The summed E-state index contributed by atoms with van der Waals surface area (Å²) in [5, 5.41) is 0. The van der Waals surface area contributed by atoms with Crippen molar-refractivity contribution >= 4 is 0 Å². The minimum Gasteiger partial charge on any atom is -0.212 e. The van der Waals surface area contributed by atoms with Gasteiger partial charge in [-0.05, 0) is 43.4 Å². The Morgan fingerprint density at radius 1 is 1.12 bits per heavy atom. The van der Waals surface area contributed by atoms with Crippen LogP contribution >= 0.6 is 0 Å². The monoisotopic (exact) mass is 226 g/mol. The summed E-state index contributed by atoms with van der Waals surface area (Å²) in [6.45, 7) is 8.87. The molecule has 16 heavy (non-hydrogen) atoms. The Labute approximate surface area is 100 Å². The average molecular weight is 226 g/mol. The molecule has 0 aromatic rings. The van der Waals surface area contributed by atoms with Crippen LogP contribution in [0.1, 0.15) is 59.8 Å². The molecule has 0 aliphatic heterocycles. The van der Waals surface area contributed by atoms with E-state index in [1.165, 1.54) is 19.3 Å². The first-order valence-electron chi connectivity index (χ1n) is 6.86. The van der Waals surface area contributed by atoms with Crippen molar-refractivity contribution in [2.24, 2.45) is 23.7 Å². The van der Waals surface area contributed by atoms with E-state index in [0.717, 1.165) is 24.7 Å². The highest BCUT2D eigenvalue weighted by atomic mass is 19.1. The summed E-state index contributed by atoms with van der Waals surface area (Å²) in [4.78, 5) is 0. The molecule has 0 aromatic carbocycles. The Morgan fingerprint density at radius 3 is 2.38 bits per heavy atom. The highest BCUT2D eigenvalue weighted by Crippen LogP contribution is 2.31. The van der Waals surface area contributed by atoms with Crippen LogP contribution in [0.15, 0.2) is 11.9 Å². The molecule has 1 rings (SSSR count). The maximum Gasteiger partial charge on any atom is 0.0988 e. The van der Waals surface area contributed by atoms with Crippen LogP contribution < -0.4 is 0 Å². The van der Waals surface area contributed by atoms with Gasteiger partial charge in [0.05, 0.1) is 5.83 Å². The normalized spacial score (nSPS) is 36.9. The van der Waals surface area contributed by atoms with Crippen LogP contribution in [0.4, 0.5) is 4.39 Å². The lowest BCUT2D eigenvalue weighted by Gasteiger charge is -2.25. The molecule has 0 heterocycles. The lowest BCUT2D eigenvalue weighted by Crippen LogP contribution is -2.13. The van der Waals surface area contributed by atoms with E-state index in [1.54, 1.807) is 0 Å². The van der Waals surface area contributed by atoms with Crippen LogP contribution in [-0.2, 0) is 0 Å². The fourth-order valence-electron chi connectivity index (χ4n) is 2.54. The summed E-state index contributed by atoms with van der Waals surface area (Å²) < 4.78 is 13.7. The molecular weight excluding hydrogens is 199 g/mol. The molecule has 0 radical (unpaired) electrons. The minimum absolute atomic E-state index is 0.122. The van der Waals surface area contributed by atoms with E-state index in [1.807, 2.05) is 13.0 Å². The van der Waals surface area contributed by atoms with E-state index >= 15 is 0 Å². The molecule has 94 valence electrons. The Kier molecular flexibility index (Phi) is 5.51. The van der Waals surface area contributed by atoms with Gasteiger partial charge in [0.15, 0.2) is 0 Å². The van der Waals surface area contributed by atoms with Crippen molar-refractivity contribution in [2.75, 3.05) is 0 Å². The van der Waals surface area contributed by atoms with Gasteiger partial charge in [-0.25, -0.2) is 4.39 Å². The van der Waals surface area contributed by atoms with Crippen molar-refractivity contribution in [3.05, 3.63) is 11.9 Å². The van der Waals surface area contributed by atoms with Gasteiger partial charge in [-0.3, -0.25) is 0 Å². The maximum atomic E-state index is 13.7. The van der Waals surface area contributed by atoms with Gasteiger partial charge in [-0.2, -0.15) is 0 Å². The number of hydrogen-bond acceptors (Lipinski definition) is 0. The topological polar surface area (TPSA) is 0 Å². The fraction of sp³-hybridized carbons (Fsp3) is 0.867. The Balaban J connectivity index is 2.65. The van der Waals surface area contributed by atoms with Crippen LogP contribution in [0.3, 0.4) is 0 Å². The summed E-state index contributed by atoms with van der Waals surface area (Å²) in [6, 6.07) is 0. The molecule has 0 unspecified atom stereocenters. The zero-order chi connectivity index (χ0) is 12.1. The second kappa shape index (κ2) is 6.42. The predicted octanol–water partition coefficient (Wildman–Crippen LogP) is 5.35. The van der Waals surface area contributed by atoms with Gasteiger partial charge >= 0.3 is 0 Å². The summed E-state index contributed by atoms with van der Waals surface area (Å²) in [6.07, 6.45) is 7.51. The molecular formula is C15H27F. The van der Waals surface area contributed by atoms with E-state index in [-0.39, 0.29) is 11.7 Å². The van der Waals surface area contributed by atoms with Gasteiger partial charge in [-0.1, -0.05) is 40.2 Å². The molecule has 0 fully saturated rings. The second-order valence-electron chi connectivity index (χ2n) is 5.99. The van der Waals surface area contributed by atoms with E-state index in [0.29, 0.717) is 5.92 Å². The summed E-state index contributed by atoms with van der Waals surface area (Å²) in [5.41, 5.74) is 0. The van der Waals surface area contributed by atoms with Crippen LogP contribution in [0.5, 0.6) is 0 Å². The third kappa shape index (κ3) is 4.27. The van der Waals surface area contributed by atoms with Gasteiger partial charge in [0, 0.05) is 5.92 Å². The molecule has 0 amide bonds. The fourth-order valence-corrected chi connectivity index (χ4v) is 2.54. The van der Waals surface area contributed by atoms with Crippen molar-refractivity contribution in [1.82, 2.24) is 0 Å². The van der Waals surface area contributed by atoms with Crippen molar-refractivity contribution in [1.29, 1.82) is 0 Å². The van der Waals surface area contributed by atoms with Crippen molar-refractivity contribution < 1.29 is 4.39 Å². The van der Waals surface area contributed by atoms with E-state index < -0.39 is 0 Å². The molecule has 0 saturated heterocycles. The minimum atomic E-state index is 0.122. The van der Waals surface area contributed by atoms with Crippen molar-refractivity contribution in [3.8, 4) is 0 Å². The van der Waals surface area contributed by atoms with Gasteiger partial charge in [-0.15, -0.1) is 0 Å². The van der Waals surface area contributed by atoms with Crippen LogP contribution in [0.25, 0.3) is 0 Å². The average Bonchev–Trinajstić information content (AvgIpc) is 2.23. The van der Waals surface area contributed by atoms with Crippen molar-refractivity contribution in [2.45, 2.75) is 59.8 Å². The van der Waals surface area contributed by atoms with Crippen LogP contribution in [0, 0.1) is 23.7 Å². The molecule has 0 aromatic heterocycles. The second-order valence-corrected chi connectivity index (χ2v) is 5.99. The number of allylic oxidation sites excluding steroid dienone is 2. The molecule has 3 atom stereocenters. The predicted molar refractivity (Wildman–Crippen MR) is 68.9 cm³/mol. The lowest BCUT2D eigenvalue weighted by atomic mass is 9.81. The Morgan fingerprint density at radius 2 is 1.75 bits per heavy atom. The van der Waals surface area contributed by atoms with E-state index in [2.05, 4.69) is 20.8 Å². The molecule has 0 spiro atoms. The van der Waals surface area contributed by atoms with E-state index in [9.17, 15) is 4.39 Å². The molecule has 1 aliphatic carbocycles. The quantitative estimate of drug-likeness (QED) is 0.565. The number of halogens is 1. The number of hydrogen-bond donors (Lipinski definition) is 0. The summed E-state index contributed by atoms with van der Waals surface area (Å²) >= 11 is 0. The Hall–Kier alpha value is -0.330. The summed E-state index contributed by atoms with van der Waals surface area (Å²) in [7, 11) is 0. The molecule has 0 saturated carbocycles. The first kappa shape index (κ1) is 13.7.